The van der Waals surface area contributed by atoms with Crippen molar-refractivity contribution in [3.05, 3.63) is 63.7 Å². The Morgan fingerprint density at radius 3 is 2.48 bits per heavy atom. The molecule has 2 rings (SSSR count). The third kappa shape index (κ3) is 2.94. The Balaban J connectivity index is 2.44. The summed E-state index contributed by atoms with van der Waals surface area (Å²) in [6.07, 6.45) is 0. The number of para-hydroxylation sites is 1. The van der Waals surface area contributed by atoms with Gasteiger partial charge in [0.05, 0.1) is 16.6 Å². The molecule has 108 valence electrons. The molecule has 0 radical (unpaired) electrons. The van der Waals surface area contributed by atoms with Gasteiger partial charge in [-0.25, -0.2) is 4.39 Å². The number of nitrogens with two attached hydrogens (primary N) is 1. The van der Waals surface area contributed by atoms with Crippen LogP contribution in [0.15, 0.2) is 36.4 Å². The molecule has 0 aliphatic carbocycles. The summed E-state index contributed by atoms with van der Waals surface area (Å²) in [5.74, 6) is -3.13. The van der Waals surface area contributed by atoms with E-state index in [0.29, 0.717) is 12.1 Å². The topological polar surface area (TPSA) is 102 Å². The van der Waals surface area contributed by atoms with Crippen LogP contribution in [0, 0.1) is 27.2 Å². The van der Waals surface area contributed by atoms with E-state index >= 15 is 0 Å². The number of hydrogen-bond acceptors (Lipinski definition) is 4. The van der Waals surface area contributed by atoms with Crippen molar-refractivity contribution in [2.45, 2.75) is 0 Å². The molecule has 21 heavy (non-hydrogen) atoms. The molecule has 0 spiro atoms. The number of benzene rings is 2. The molecule has 8 heteroatoms. The van der Waals surface area contributed by atoms with Gasteiger partial charge < -0.3 is 10.5 Å². The number of amidine groups is 1. The first kappa shape index (κ1) is 14.4. The Labute approximate surface area is 117 Å². The minimum atomic E-state index is -1.23. The van der Waals surface area contributed by atoms with E-state index in [1.165, 1.54) is 12.1 Å². The monoisotopic (exact) mass is 293 g/mol. The van der Waals surface area contributed by atoms with Crippen LogP contribution in [0.3, 0.4) is 0 Å². The second kappa shape index (κ2) is 5.53. The fourth-order valence-electron chi connectivity index (χ4n) is 1.63. The first-order valence-electron chi connectivity index (χ1n) is 5.65. The molecule has 0 atom stereocenters. The molecule has 6 nitrogen and oxygen atoms in total. The van der Waals surface area contributed by atoms with Crippen molar-refractivity contribution >= 4 is 11.5 Å². The molecule has 0 fully saturated rings. The molecule has 0 heterocycles. The smallest absolute Gasteiger partial charge is 0.307 e. The average molecular weight is 293 g/mol. The van der Waals surface area contributed by atoms with Gasteiger partial charge in [0.2, 0.25) is 5.82 Å². The van der Waals surface area contributed by atoms with E-state index in [4.69, 9.17) is 15.9 Å². The first-order chi connectivity index (χ1) is 9.90. The van der Waals surface area contributed by atoms with Crippen LogP contribution < -0.4 is 10.5 Å². The summed E-state index contributed by atoms with van der Waals surface area (Å²) in [5, 5.41) is 17.9. The SMILES string of the molecule is N=C(N)c1ccccc1Oc1cc(F)c([N+](=O)[O-])cc1F. The molecular weight excluding hydrogens is 284 g/mol. The highest BCUT2D eigenvalue weighted by Crippen LogP contribution is 2.31. The third-order valence-corrected chi connectivity index (χ3v) is 2.60. The van der Waals surface area contributed by atoms with Gasteiger partial charge in [-0.2, -0.15) is 4.39 Å². The number of nitrogen functional groups attached to an aromatic ring is 1. The number of nitro groups is 1. The van der Waals surface area contributed by atoms with E-state index < -0.39 is 28.0 Å². The number of nitrogens with one attached hydrogen (secondary N) is 1. The highest BCUT2D eigenvalue weighted by Gasteiger charge is 2.20. The molecule has 0 aliphatic rings. The Hall–Kier alpha value is -3.03. The van der Waals surface area contributed by atoms with Crippen molar-refractivity contribution in [1.82, 2.24) is 0 Å². The van der Waals surface area contributed by atoms with E-state index in [9.17, 15) is 18.9 Å². The molecule has 0 amide bonds. The van der Waals surface area contributed by atoms with Crippen LogP contribution in [0.1, 0.15) is 5.56 Å². The normalized spacial score (nSPS) is 10.2. The largest absolute Gasteiger partial charge is 0.453 e. The van der Waals surface area contributed by atoms with Gasteiger partial charge in [-0.3, -0.25) is 15.5 Å². The molecule has 0 saturated carbocycles. The molecule has 0 saturated heterocycles. The molecular formula is C13H9F2N3O3. The van der Waals surface area contributed by atoms with Crippen LogP contribution in [-0.2, 0) is 0 Å². The molecule has 2 aromatic carbocycles. The zero-order valence-electron chi connectivity index (χ0n) is 10.5. The Morgan fingerprint density at radius 2 is 1.86 bits per heavy atom. The van der Waals surface area contributed by atoms with Crippen molar-refractivity contribution in [1.29, 1.82) is 5.41 Å². The van der Waals surface area contributed by atoms with Gasteiger partial charge in [0.15, 0.2) is 11.6 Å². The molecule has 0 bridgehead atoms. The summed E-state index contributed by atoms with van der Waals surface area (Å²) in [4.78, 5) is 9.46. The van der Waals surface area contributed by atoms with Crippen molar-refractivity contribution < 1.29 is 18.4 Å². The van der Waals surface area contributed by atoms with Crippen LogP contribution in [-0.4, -0.2) is 10.8 Å². The van der Waals surface area contributed by atoms with E-state index in [-0.39, 0.29) is 17.1 Å². The molecule has 2 aromatic rings. The van der Waals surface area contributed by atoms with E-state index in [2.05, 4.69) is 0 Å². The van der Waals surface area contributed by atoms with Crippen LogP contribution in [0.2, 0.25) is 0 Å². The maximum atomic E-state index is 13.7. The maximum Gasteiger partial charge on any atom is 0.307 e. The minimum Gasteiger partial charge on any atom is -0.453 e. The second-order valence-corrected chi connectivity index (χ2v) is 4.00. The molecule has 0 aromatic heterocycles. The predicted octanol–water partition coefficient (Wildman–Crippen LogP) is 2.95. The average Bonchev–Trinajstić information content (AvgIpc) is 2.42. The number of hydrogen-bond donors (Lipinski definition) is 2. The lowest BCUT2D eigenvalue weighted by molar-refractivity contribution is -0.387. The van der Waals surface area contributed by atoms with Crippen molar-refractivity contribution in [2.75, 3.05) is 0 Å². The van der Waals surface area contributed by atoms with Crippen LogP contribution in [0.5, 0.6) is 11.5 Å². The van der Waals surface area contributed by atoms with Gasteiger partial charge in [0.1, 0.15) is 11.6 Å². The third-order valence-electron chi connectivity index (χ3n) is 2.60. The minimum absolute atomic E-state index is 0.0390. The summed E-state index contributed by atoms with van der Waals surface area (Å²) in [6, 6.07) is 7.04. The fraction of sp³-hybridized carbons (Fsp3) is 0. The van der Waals surface area contributed by atoms with E-state index in [1.54, 1.807) is 12.1 Å². The second-order valence-electron chi connectivity index (χ2n) is 4.00. The summed E-state index contributed by atoms with van der Waals surface area (Å²) in [6.45, 7) is 0. The van der Waals surface area contributed by atoms with Crippen LogP contribution >= 0.6 is 0 Å². The molecule has 3 N–H and O–H groups in total. The highest BCUT2D eigenvalue weighted by molar-refractivity contribution is 5.97. The first-order valence-corrected chi connectivity index (χ1v) is 5.65. The zero-order chi connectivity index (χ0) is 15.6. The van der Waals surface area contributed by atoms with Gasteiger partial charge >= 0.3 is 5.69 Å². The van der Waals surface area contributed by atoms with E-state index in [0.717, 1.165) is 0 Å². The summed E-state index contributed by atoms with van der Waals surface area (Å²) in [5.41, 5.74) is 4.55. The lowest BCUT2D eigenvalue weighted by Gasteiger charge is -2.10. The highest BCUT2D eigenvalue weighted by atomic mass is 19.1. The Morgan fingerprint density at radius 1 is 1.19 bits per heavy atom. The number of rotatable bonds is 4. The van der Waals surface area contributed by atoms with Crippen molar-refractivity contribution in [2.24, 2.45) is 5.73 Å². The van der Waals surface area contributed by atoms with Gasteiger partial charge in [-0.1, -0.05) is 12.1 Å². The van der Waals surface area contributed by atoms with Crippen molar-refractivity contribution in [3.8, 4) is 11.5 Å². The standard InChI is InChI=1S/C13H9F2N3O3/c14-8-6-12(9(15)5-10(8)18(19)20)21-11-4-2-1-3-7(11)13(16)17/h1-6H,(H3,16,17). The number of nitro benzene ring substituents is 1. The van der Waals surface area contributed by atoms with Gasteiger partial charge in [-0.05, 0) is 12.1 Å². The summed E-state index contributed by atoms with van der Waals surface area (Å²) in [7, 11) is 0. The van der Waals surface area contributed by atoms with Gasteiger partial charge in [-0.15, -0.1) is 0 Å². The van der Waals surface area contributed by atoms with E-state index in [1.807, 2.05) is 0 Å². The Kier molecular flexibility index (Phi) is 3.79. The summed E-state index contributed by atoms with van der Waals surface area (Å²) >= 11 is 0. The quantitative estimate of drug-likeness (QED) is 0.391. The van der Waals surface area contributed by atoms with Crippen LogP contribution in [0.4, 0.5) is 14.5 Å². The zero-order valence-corrected chi connectivity index (χ0v) is 10.5. The summed E-state index contributed by atoms with van der Waals surface area (Å²) < 4.78 is 32.4. The molecule has 0 aliphatic heterocycles. The lowest BCUT2D eigenvalue weighted by Crippen LogP contribution is -2.12. The van der Waals surface area contributed by atoms with Gasteiger partial charge in [0, 0.05) is 6.07 Å². The number of halogens is 2. The number of ether oxygens (including phenoxy) is 1. The predicted molar refractivity (Wildman–Crippen MR) is 70.5 cm³/mol. The van der Waals surface area contributed by atoms with Gasteiger partial charge in [0.25, 0.3) is 0 Å². The fourth-order valence-corrected chi connectivity index (χ4v) is 1.63. The molecule has 0 unspecified atom stereocenters. The maximum absolute atomic E-state index is 13.7. The van der Waals surface area contributed by atoms with Crippen LogP contribution in [0.25, 0.3) is 0 Å². The van der Waals surface area contributed by atoms with Crippen molar-refractivity contribution in [3.63, 3.8) is 0 Å². The lowest BCUT2D eigenvalue weighted by atomic mass is 10.2. The number of nitrogens with zero attached hydrogens (tertiary/aromatic N) is 1. The Bertz CT molecular complexity index is 735.